The molecule has 1 heterocycles. The summed E-state index contributed by atoms with van der Waals surface area (Å²) in [4.78, 5) is 27.4. The van der Waals surface area contributed by atoms with Crippen LogP contribution in [0.5, 0.6) is 5.75 Å². The molecule has 0 radical (unpaired) electrons. The van der Waals surface area contributed by atoms with E-state index < -0.39 is 5.92 Å². The van der Waals surface area contributed by atoms with Crippen LogP contribution in [0, 0.1) is 0 Å². The molecule has 37 heavy (non-hydrogen) atoms. The molecule has 0 aromatic heterocycles. The molecule has 0 spiro atoms. The molecule has 5 heteroatoms. The van der Waals surface area contributed by atoms with Gasteiger partial charge >= 0.3 is 5.97 Å². The van der Waals surface area contributed by atoms with Gasteiger partial charge in [-0.3, -0.25) is 4.79 Å². The summed E-state index contributed by atoms with van der Waals surface area (Å²) in [5.74, 6) is -0.775. The molecule has 3 aromatic rings. The van der Waals surface area contributed by atoms with Gasteiger partial charge in [-0.2, -0.15) is 0 Å². The zero-order chi connectivity index (χ0) is 25.5. The lowest BCUT2D eigenvalue weighted by molar-refractivity contribution is -0.144. The lowest BCUT2D eigenvalue weighted by Crippen LogP contribution is -2.36. The number of dihydropyridines is 1. The monoisotopic (exact) mass is 493 g/mol. The summed E-state index contributed by atoms with van der Waals surface area (Å²) in [5, 5.41) is 16.0. The Bertz CT molecular complexity index is 1460. The van der Waals surface area contributed by atoms with E-state index in [1.165, 1.54) is 10.9 Å². The predicted molar refractivity (Wildman–Crippen MR) is 143 cm³/mol. The van der Waals surface area contributed by atoms with Crippen LogP contribution in [-0.4, -0.2) is 23.0 Å². The average molecular weight is 494 g/mol. The molecule has 2 aliphatic carbocycles. The molecule has 6 rings (SSSR count). The first-order valence-electron chi connectivity index (χ1n) is 13.2. The van der Waals surface area contributed by atoms with Gasteiger partial charge in [-0.25, -0.2) is 4.79 Å². The normalized spacial score (nSPS) is 22.2. The van der Waals surface area contributed by atoms with Crippen LogP contribution in [0.15, 0.2) is 89.3 Å². The highest BCUT2D eigenvalue weighted by atomic mass is 16.5. The Morgan fingerprint density at radius 3 is 2.54 bits per heavy atom. The molecule has 2 N–H and O–H groups in total. The Labute approximate surface area is 216 Å². The molecular weight excluding hydrogens is 462 g/mol. The van der Waals surface area contributed by atoms with E-state index in [-0.39, 0.29) is 29.5 Å². The summed E-state index contributed by atoms with van der Waals surface area (Å²) in [7, 11) is 0. The Hall–Kier alpha value is -3.86. The summed E-state index contributed by atoms with van der Waals surface area (Å²) in [5.41, 5.74) is 4.55. The third-order valence-corrected chi connectivity index (χ3v) is 8.09. The summed E-state index contributed by atoms with van der Waals surface area (Å²) in [6, 6.07) is 21.4. The van der Waals surface area contributed by atoms with Crippen molar-refractivity contribution >= 4 is 22.5 Å². The highest BCUT2D eigenvalue weighted by molar-refractivity contribution is 6.04. The first-order valence-corrected chi connectivity index (χ1v) is 13.2. The van der Waals surface area contributed by atoms with Crippen LogP contribution in [-0.2, 0) is 14.3 Å². The van der Waals surface area contributed by atoms with E-state index >= 15 is 0 Å². The lowest BCUT2D eigenvalue weighted by Gasteiger charge is -2.37. The number of ether oxygens (including phenoxy) is 1. The molecule has 5 nitrogen and oxygen atoms in total. The molecule has 3 aromatic carbocycles. The van der Waals surface area contributed by atoms with Gasteiger partial charge in [-0.15, -0.1) is 0 Å². The van der Waals surface area contributed by atoms with Crippen LogP contribution in [0.3, 0.4) is 0 Å². The van der Waals surface area contributed by atoms with Crippen LogP contribution in [0.4, 0.5) is 0 Å². The van der Waals surface area contributed by atoms with E-state index in [0.717, 1.165) is 42.3 Å². The fourth-order valence-electron chi connectivity index (χ4n) is 6.39. The molecule has 2 unspecified atom stereocenters. The number of phenols is 1. The maximum atomic E-state index is 13.9. The van der Waals surface area contributed by atoms with Gasteiger partial charge in [0.25, 0.3) is 0 Å². The maximum absolute atomic E-state index is 13.9. The van der Waals surface area contributed by atoms with Crippen molar-refractivity contribution in [3.63, 3.8) is 0 Å². The van der Waals surface area contributed by atoms with Gasteiger partial charge in [0.15, 0.2) is 5.78 Å². The number of carbonyl (C=O) groups is 2. The van der Waals surface area contributed by atoms with E-state index in [4.69, 9.17) is 4.74 Å². The van der Waals surface area contributed by atoms with Gasteiger partial charge in [0.2, 0.25) is 0 Å². The second kappa shape index (κ2) is 9.55. The number of hydrogen-bond acceptors (Lipinski definition) is 5. The third kappa shape index (κ3) is 4.33. The van der Waals surface area contributed by atoms with Crippen molar-refractivity contribution in [2.75, 3.05) is 0 Å². The van der Waals surface area contributed by atoms with Crippen LogP contribution in [0.2, 0.25) is 0 Å². The number of allylic oxidation sites excluding steroid dienone is 3. The van der Waals surface area contributed by atoms with Crippen LogP contribution >= 0.6 is 0 Å². The fourth-order valence-corrected chi connectivity index (χ4v) is 6.39. The topological polar surface area (TPSA) is 75.6 Å². The van der Waals surface area contributed by atoms with E-state index in [1.54, 1.807) is 18.2 Å². The molecule has 2 atom stereocenters. The highest BCUT2D eigenvalue weighted by Gasteiger charge is 2.42. The van der Waals surface area contributed by atoms with Crippen molar-refractivity contribution < 1.29 is 19.4 Å². The van der Waals surface area contributed by atoms with E-state index in [2.05, 4.69) is 35.6 Å². The number of rotatable bonds is 4. The number of ketones is 1. The minimum atomic E-state index is -0.571. The highest BCUT2D eigenvalue weighted by Crippen LogP contribution is 2.47. The second-order valence-corrected chi connectivity index (χ2v) is 10.5. The largest absolute Gasteiger partial charge is 0.508 e. The second-order valence-electron chi connectivity index (χ2n) is 10.5. The molecule has 1 fully saturated rings. The SMILES string of the molecule is CC1=C(C(=O)OC2CCCC2)C(c2cccc(O)c2)C2=C(CC(c3cccc4ccccc34)CC2=O)N1. The van der Waals surface area contributed by atoms with Gasteiger partial charge in [-0.05, 0) is 79.0 Å². The molecule has 0 bridgehead atoms. The Morgan fingerprint density at radius 1 is 0.973 bits per heavy atom. The van der Waals surface area contributed by atoms with Crippen molar-refractivity contribution in [2.45, 2.75) is 63.4 Å². The summed E-state index contributed by atoms with van der Waals surface area (Å²) in [6.45, 7) is 1.89. The standard InChI is InChI=1S/C32H31NO4/c1-19-29(32(36)37-24-12-3-4-13-24)30(21-10-6-11-23(34)16-21)31-27(33-19)17-22(18-28(31)35)26-15-7-9-20-8-2-5-14-25(20)26/h2,5-11,14-16,22,24,30,33-34H,3-4,12-13,17-18H2,1H3. The quantitative estimate of drug-likeness (QED) is 0.412. The van der Waals surface area contributed by atoms with Crippen LogP contribution < -0.4 is 5.32 Å². The van der Waals surface area contributed by atoms with Crippen molar-refractivity contribution in [2.24, 2.45) is 0 Å². The third-order valence-electron chi connectivity index (χ3n) is 8.09. The van der Waals surface area contributed by atoms with Crippen molar-refractivity contribution in [3.05, 3.63) is 100 Å². The van der Waals surface area contributed by atoms with Crippen molar-refractivity contribution in [1.82, 2.24) is 5.32 Å². The number of hydrogen-bond donors (Lipinski definition) is 2. The summed E-state index contributed by atoms with van der Waals surface area (Å²) < 4.78 is 5.92. The zero-order valence-electron chi connectivity index (χ0n) is 21.0. The average Bonchev–Trinajstić information content (AvgIpc) is 3.40. The molecule has 0 saturated heterocycles. The van der Waals surface area contributed by atoms with Gasteiger partial charge in [-0.1, -0.05) is 54.6 Å². The van der Waals surface area contributed by atoms with Gasteiger partial charge in [0.1, 0.15) is 11.9 Å². The fraction of sp³-hybridized carbons (Fsp3) is 0.312. The maximum Gasteiger partial charge on any atom is 0.337 e. The first kappa shape index (κ1) is 23.5. The van der Waals surface area contributed by atoms with Gasteiger partial charge in [0, 0.05) is 29.3 Å². The first-order chi connectivity index (χ1) is 18.0. The van der Waals surface area contributed by atoms with Crippen molar-refractivity contribution in [1.29, 1.82) is 0 Å². The number of nitrogens with one attached hydrogen (secondary N) is 1. The van der Waals surface area contributed by atoms with E-state index in [1.807, 2.05) is 25.1 Å². The Balaban J connectivity index is 1.41. The zero-order valence-corrected chi connectivity index (χ0v) is 21.0. The molecule has 1 aliphatic heterocycles. The smallest absolute Gasteiger partial charge is 0.337 e. The number of fused-ring (bicyclic) bond motifs is 1. The minimum Gasteiger partial charge on any atom is -0.508 e. The molecular formula is C32H31NO4. The number of benzene rings is 3. The van der Waals surface area contributed by atoms with Gasteiger partial charge in [0.05, 0.1) is 5.57 Å². The molecule has 0 amide bonds. The van der Waals surface area contributed by atoms with Crippen LogP contribution in [0.1, 0.15) is 68.4 Å². The van der Waals surface area contributed by atoms with Crippen molar-refractivity contribution in [3.8, 4) is 5.75 Å². The predicted octanol–water partition coefficient (Wildman–Crippen LogP) is 6.39. The number of Topliss-reactive ketones (excluding diaryl/α,β-unsaturated/α-hetero) is 1. The molecule has 1 saturated carbocycles. The van der Waals surface area contributed by atoms with Gasteiger partial charge < -0.3 is 15.2 Å². The number of aromatic hydroxyl groups is 1. The summed E-state index contributed by atoms with van der Waals surface area (Å²) >= 11 is 0. The number of esters is 1. The molecule has 188 valence electrons. The number of carbonyl (C=O) groups excluding carboxylic acids is 2. The van der Waals surface area contributed by atoms with E-state index in [9.17, 15) is 14.7 Å². The lowest BCUT2D eigenvalue weighted by atomic mass is 9.71. The van der Waals surface area contributed by atoms with Crippen LogP contribution in [0.25, 0.3) is 10.8 Å². The minimum absolute atomic E-state index is 0.0266. The van der Waals surface area contributed by atoms with E-state index in [0.29, 0.717) is 29.7 Å². The Morgan fingerprint density at radius 2 is 1.73 bits per heavy atom. The summed E-state index contributed by atoms with van der Waals surface area (Å²) in [6.07, 6.45) is 4.84. The number of phenolic OH excluding ortho intramolecular Hbond substituents is 1. The Kier molecular flexibility index (Phi) is 6.07. The molecule has 3 aliphatic rings.